The molecular formula is C36H48F3N7O6. The molecule has 0 radical (unpaired) electrons. The number of hydrogen-bond donors (Lipinski definition) is 4. The van der Waals surface area contributed by atoms with Gasteiger partial charge in [-0.15, -0.1) is 0 Å². The maximum absolute atomic E-state index is 14.0. The first-order chi connectivity index (χ1) is 24.6. The molecule has 0 bridgehead atoms. The number of carboxylic acid groups (broad SMARTS) is 1. The Balaban J connectivity index is 0.000000679. The fraction of sp³-hybridized carbons (Fsp3) is 0.583. The molecule has 4 N–H and O–H groups in total. The summed E-state index contributed by atoms with van der Waals surface area (Å²) in [6, 6.07) is 10.8. The van der Waals surface area contributed by atoms with Crippen molar-refractivity contribution in [3.63, 3.8) is 0 Å². The molecule has 2 unspecified atom stereocenters. The lowest BCUT2D eigenvalue weighted by Crippen LogP contribution is -2.48. The van der Waals surface area contributed by atoms with Gasteiger partial charge in [-0.3, -0.25) is 14.3 Å². The normalized spacial score (nSPS) is 20.9. The van der Waals surface area contributed by atoms with E-state index in [4.69, 9.17) is 14.4 Å². The number of hydrogen-bond acceptors (Lipinski definition) is 9. The highest BCUT2D eigenvalue weighted by Crippen LogP contribution is 2.36. The van der Waals surface area contributed by atoms with Gasteiger partial charge in [-0.05, 0) is 74.2 Å². The molecule has 0 aliphatic carbocycles. The number of anilines is 1. The van der Waals surface area contributed by atoms with Crippen LogP contribution in [0.25, 0.3) is 11.3 Å². The molecule has 3 saturated heterocycles. The van der Waals surface area contributed by atoms with Crippen LogP contribution in [0.2, 0.25) is 0 Å². The lowest BCUT2D eigenvalue weighted by molar-refractivity contribution is -0.192. The summed E-state index contributed by atoms with van der Waals surface area (Å²) >= 11 is 0. The van der Waals surface area contributed by atoms with Gasteiger partial charge >= 0.3 is 12.1 Å². The number of benzene rings is 1. The number of alkyl halides is 3. The number of aliphatic carboxylic acids is 1. The summed E-state index contributed by atoms with van der Waals surface area (Å²) in [5.41, 5.74) is 2.99. The SMILES string of the molecule is CC(NC(=O)[C@@H]1C[C@@H](O)CN1C(=O)C(c1cc(N2CC(CC3CCNCC3)C2)no1)C(C)C)c1ccc(-c2ccnn2C)cc1.O=C(O)C(F)(F)F. The van der Waals surface area contributed by atoms with E-state index in [9.17, 15) is 27.9 Å². The Morgan fingerprint density at radius 2 is 1.69 bits per heavy atom. The average Bonchev–Trinajstić information content (AvgIpc) is 3.83. The lowest BCUT2D eigenvalue weighted by Gasteiger charge is -2.41. The molecule has 0 saturated carbocycles. The van der Waals surface area contributed by atoms with Gasteiger partial charge in [-0.2, -0.15) is 18.3 Å². The van der Waals surface area contributed by atoms with Crippen molar-refractivity contribution in [1.29, 1.82) is 0 Å². The molecule has 2 aromatic heterocycles. The van der Waals surface area contributed by atoms with Crippen molar-refractivity contribution in [2.24, 2.45) is 24.8 Å². The summed E-state index contributed by atoms with van der Waals surface area (Å²) in [4.78, 5) is 40.2. The molecule has 52 heavy (non-hydrogen) atoms. The first kappa shape index (κ1) is 38.8. The molecule has 3 aliphatic rings. The van der Waals surface area contributed by atoms with Crippen molar-refractivity contribution in [3.8, 4) is 11.3 Å². The van der Waals surface area contributed by atoms with E-state index in [2.05, 4.69) is 25.8 Å². The van der Waals surface area contributed by atoms with E-state index in [1.807, 2.05) is 68.9 Å². The second-order valence-electron chi connectivity index (χ2n) is 14.4. The van der Waals surface area contributed by atoms with E-state index < -0.39 is 30.2 Å². The standard InChI is InChI=1S/C34H47N7O4.C2HF3O2/c1-21(2)32(30-17-31(38-45-30)40-18-24(19-40)15-23-9-12-35-13-10-23)34(44)41-20-27(42)16-29(41)33(43)37-22(3)25-5-7-26(8-6-25)28-11-14-36-39(28)4;3-2(4,5)1(6)7/h5-8,11,14,17,21-24,27,29,32,35,42H,9-10,12-13,15-16,18-20H2,1-4H3,(H,37,43);(H,6,7)/t22?,27-,29+,32?;/m1./s1. The molecule has 4 atom stereocenters. The minimum absolute atomic E-state index is 0.0827. The number of carboxylic acids is 1. The molecule has 2 amide bonds. The third kappa shape index (κ3) is 9.31. The molecule has 3 aliphatic heterocycles. The minimum Gasteiger partial charge on any atom is -0.475 e. The number of nitrogens with zero attached hydrogens (tertiary/aromatic N) is 5. The summed E-state index contributed by atoms with van der Waals surface area (Å²) in [6.07, 6.45) is -0.126. The van der Waals surface area contributed by atoms with E-state index in [0.717, 1.165) is 54.7 Å². The van der Waals surface area contributed by atoms with Crippen LogP contribution in [0.5, 0.6) is 0 Å². The average molecular weight is 732 g/mol. The van der Waals surface area contributed by atoms with Crippen molar-refractivity contribution in [1.82, 2.24) is 30.5 Å². The zero-order valence-electron chi connectivity index (χ0n) is 29.8. The van der Waals surface area contributed by atoms with Crippen molar-refractivity contribution in [2.45, 2.75) is 76.7 Å². The van der Waals surface area contributed by atoms with Gasteiger partial charge in [0, 0.05) is 45.4 Å². The number of aliphatic hydroxyl groups excluding tert-OH is 1. The van der Waals surface area contributed by atoms with E-state index >= 15 is 0 Å². The number of rotatable bonds is 10. The molecule has 3 aromatic rings. The topological polar surface area (TPSA) is 166 Å². The first-order valence-corrected chi connectivity index (χ1v) is 17.7. The number of aromatic nitrogens is 3. The van der Waals surface area contributed by atoms with Gasteiger partial charge in [0.2, 0.25) is 11.8 Å². The number of amides is 2. The zero-order chi connectivity index (χ0) is 37.7. The minimum atomic E-state index is -5.08. The molecule has 0 spiro atoms. The summed E-state index contributed by atoms with van der Waals surface area (Å²) in [7, 11) is 1.90. The fourth-order valence-electron chi connectivity index (χ4n) is 7.28. The lowest BCUT2D eigenvalue weighted by atomic mass is 9.84. The molecule has 13 nitrogen and oxygen atoms in total. The van der Waals surface area contributed by atoms with E-state index in [1.165, 1.54) is 24.2 Å². The Hall–Kier alpha value is -4.44. The molecule has 5 heterocycles. The summed E-state index contributed by atoms with van der Waals surface area (Å²) in [5.74, 6) is -1.19. The predicted molar refractivity (Wildman–Crippen MR) is 185 cm³/mol. The van der Waals surface area contributed by atoms with Crippen molar-refractivity contribution < 1.29 is 42.3 Å². The van der Waals surface area contributed by atoms with Gasteiger partial charge in [-0.25, -0.2) is 4.79 Å². The Morgan fingerprint density at radius 3 is 2.27 bits per heavy atom. The van der Waals surface area contributed by atoms with Crippen LogP contribution in [-0.2, 0) is 21.4 Å². The fourth-order valence-corrected chi connectivity index (χ4v) is 7.28. The number of carbonyl (C=O) groups is 3. The number of likely N-dealkylation sites (tertiary alicyclic amines) is 1. The maximum atomic E-state index is 14.0. The van der Waals surface area contributed by atoms with Gasteiger partial charge in [0.1, 0.15) is 12.0 Å². The number of aliphatic hydroxyl groups is 1. The third-order valence-electron chi connectivity index (χ3n) is 10.2. The molecule has 16 heteroatoms. The van der Waals surface area contributed by atoms with Gasteiger partial charge in [-0.1, -0.05) is 43.3 Å². The molecule has 3 fully saturated rings. The highest BCUT2D eigenvalue weighted by atomic mass is 19.4. The van der Waals surface area contributed by atoms with Crippen molar-refractivity contribution in [2.75, 3.05) is 37.6 Å². The van der Waals surface area contributed by atoms with Gasteiger partial charge < -0.3 is 35.2 Å². The number of β-amino-alcohol motifs (C(OH)–C–C–N with tert-alkyl or cyclic N) is 1. The summed E-state index contributed by atoms with van der Waals surface area (Å²) in [6.45, 7) is 10.1. The van der Waals surface area contributed by atoms with Crippen LogP contribution in [0, 0.1) is 17.8 Å². The highest BCUT2D eigenvalue weighted by Gasteiger charge is 2.44. The number of piperidine rings is 1. The second-order valence-corrected chi connectivity index (χ2v) is 14.4. The number of halogens is 3. The van der Waals surface area contributed by atoms with Crippen LogP contribution in [0.1, 0.15) is 69.7 Å². The van der Waals surface area contributed by atoms with Crippen molar-refractivity contribution >= 4 is 23.6 Å². The van der Waals surface area contributed by atoms with Crippen LogP contribution in [-0.4, -0.2) is 98.9 Å². The van der Waals surface area contributed by atoms with Crippen molar-refractivity contribution in [3.05, 3.63) is 53.9 Å². The van der Waals surface area contributed by atoms with Crippen LogP contribution in [0.3, 0.4) is 0 Å². The Kier molecular flexibility index (Phi) is 12.3. The first-order valence-electron chi connectivity index (χ1n) is 17.7. The zero-order valence-corrected chi connectivity index (χ0v) is 29.8. The predicted octanol–water partition coefficient (Wildman–Crippen LogP) is 4.11. The number of carbonyl (C=O) groups excluding carboxylic acids is 2. The van der Waals surface area contributed by atoms with E-state index in [1.54, 1.807) is 6.20 Å². The Morgan fingerprint density at radius 1 is 1.04 bits per heavy atom. The highest BCUT2D eigenvalue weighted by molar-refractivity contribution is 5.91. The Bertz CT molecular complexity index is 1660. The van der Waals surface area contributed by atoms with Crippen LogP contribution in [0.15, 0.2) is 47.1 Å². The molecular weight excluding hydrogens is 683 g/mol. The number of aryl methyl sites for hydroxylation is 1. The van der Waals surface area contributed by atoms with E-state index in [0.29, 0.717) is 11.7 Å². The molecule has 6 rings (SSSR count). The van der Waals surface area contributed by atoms with Crippen LogP contribution >= 0.6 is 0 Å². The third-order valence-corrected chi connectivity index (χ3v) is 10.2. The van der Waals surface area contributed by atoms with Gasteiger partial charge in [0.05, 0.1) is 17.8 Å². The largest absolute Gasteiger partial charge is 0.490 e. The summed E-state index contributed by atoms with van der Waals surface area (Å²) in [5, 5.41) is 32.8. The van der Waals surface area contributed by atoms with Gasteiger partial charge in [0.15, 0.2) is 11.6 Å². The smallest absolute Gasteiger partial charge is 0.475 e. The Labute approximate surface area is 300 Å². The van der Waals surface area contributed by atoms with Gasteiger partial charge in [0.25, 0.3) is 0 Å². The summed E-state index contributed by atoms with van der Waals surface area (Å²) < 4.78 is 39.3. The number of nitrogens with one attached hydrogen (secondary N) is 2. The van der Waals surface area contributed by atoms with E-state index in [-0.39, 0.29) is 36.7 Å². The monoisotopic (exact) mass is 731 g/mol. The quantitative estimate of drug-likeness (QED) is 0.239. The molecule has 1 aromatic carbocycles. The second kappa shape index (κ2) is 16.5. The maximum Gasteiger partial charge on any atom is 0.490 e. The van der Waals surface area contributed by atoms with Crippen LogP contribution < -0.4 is 15.5 Å². The molecule has 284 valence electrons. The van der Waals surface area contributed by atoms with Crippen LogP contribution in [0.4, 0.5) is 19.0 Å².